The maximum Gasteiger partial charge on any atom is 0.466 e. The van der Waals surface area contributed by atoms with Crippen LogP contribution < -0.4 is 5.32 Å². The van der Waals surface area contributed by atoms with Crippen LogP contribution in [-0.2, 0) is 29.2 Å². The molecule has 8 nitrogen and oxygen atoms in total. The van der Waals surface area contributed by atoms with Crippen LogP contribution in [0.3, 0.4) is 0 Å². The van der Waals surface area contributed by atoms with Gasteiger partial charge >= 0.3 is 51.3 Å². The van der Waals surface area contributed by atoms with Crippen molar-refractivity contribution in [3.63, 3.8) is 0 Å². The van der Waals surface area contributed by atoms with E-state index in [0.717, 1.165) is 0 Å². The standard InChI is InChI=1S/C13H13F10NO7S/c1-6(2)7(25)31-11(12(19,20)21,8(26)24-5-10(16,17)18)30-4-3-9(14,15)13(22,23)32(27,28)29/h1,3-5H2,2H3,(H,24,26)(H,27,28,29). The summed E-state index contributed by atoms with van der Waals surface area (Å²) in [5.41, 5.74) is -0.880. The number of hydrogen-bond acceptors (Lipinski definition) is 6. The molecular weight excluding hydrogens is 504 g/mol. The highest BCUT2D eigenvalue weighted by Gasteiger charge is 2.68. The van der Waals surface area contributed by atoms with Crippen molar-refractivity contribution in [1.82, 2.24) is 5.32 Å². The largest absolute Gasteiger partial charge is 0.466 e. The molecule has 1 unspecified atom stereocenters. The van der Waals surface area contributed by atoms with Gasteiger partial charge in [-0.1, -0.05) is 6.58 Å². The summed E-state index contributed by atoms with van der Waals surface area (Å²) < 4.78 is 167. The first-order valence-electron chi connectivity index (χ1n) is 7.58. The van der Waals surface area contributed by atoms with Crippen LogP contribution in [0, 0.1) is 0 Å². The highest BCUT2D eigenvalue weighted by atomic mass is 32.2. The lowest BCUT2D eigenvalue weighted by Gasteiger charge is -2.34. The molecule has 0 aliphatic heterocycles. The Morgan fingerprint density at radius 2 is 1.47 bits per heavy atom. The molecule has 0 aliphatic carbocycles. The Balaban J connectivity index is 6.09. The fourth-order valence-corrected chi connectivity index (χ4v) is 2.06. The predicted molar refractivity (Wildman–Crippen MR) is 80.8 cm³/mol. The predicted octanol–water partition coefficient (Wildman–Crippen LogP) is 2.57. The molecule has 19 heteroatoms. The number of halogens is 10. The SMILES string of the molecule is C=C(C)C(=O)OC(OCCC(F)(F)C(F)(F)S(=O)(=O)O)(C(=O)NCC(F)(F)F)C(F)(F)F. The molecule has 32 heavy (non-hydrogen) atoms. The smallest absolute Gasteiger partial charge is 0.412 e. The van der Waals surface area contributed by atoms with E-state index in [1.54, 1.807) is 0 Å². The molecular formula is C13H13F10NO7S. The molecule has 2 N–H and O–H groups in total. The topological polar surface area (TPSA) is 119 Å². The zero-order valence-corrected chi connectivity index (χ0v) is 16.2. The second kappa shape index (κ2) is 9.38. The van der Waals surface area contributed by atoms with Crippen molar-refractivity contribution in [3.8, 4) is 0 Å². The molecule has 0 saturated carbocycles. The van der Waals surface area contributed by atoms with E-state index in [0.29, 0.717) is 12.2 Å². The van der Waals surface area contributed by atoms with E-state index in [1.165, 1.54) is 0 Å². The van der Waals surface area contributed by atoms with Gasteiger partial charge in [-0.2, -0.15) is 52.3 Å². The summed E-state index contributed by atoms with van der Waals surface area (Å²) in [6.45, 7) is -1.25. The number of rotatable bonds is 10. The quantitative estimate of drug-likeness (QED) is 0.150. The van der Waals surface area contributed by atoms with Crippen molar-refractivity contribution in [2.24, 2.45) is 0 Å². The first-order valence-corrected chi connectivity index (χ1v) is 9.02. The fourth-order valence-electron chi connectivity index (χ4n) is 1.58. The Morgan fingerprint density at radius 3 is 1.81 bits per heavy atom. The number of ether oxygens (including phenoxy) is 2. The zero-order valence-electron chi connectivity index (χ0n) is 15.4. The minimum absolute atomic E-state index is 0.629. The molecule has 0 aromatic rings. The van der Waals surface area contributed by atoms with Gasteiger partial charge in [-0.3, -0.25) is 9.35 Å². The van der Waals surface area contributed by atoms with Gasteiger partial charge < -0.3 is 14.8 Å². The number of alkyl halides is 10. The van der Waals surface area contributed by atoms with Crippen LogP contribution in [0.5, 0.6) is 0 Å². The highest BCUT2D eigenvalue weighted by Crippen LogP contribution is 2.42. The first-order chi connectivity index (χ1) is 13.9. The lowest BCUT2D eigenvalue weighted by Crippen LogP contribution is -2.62. The Morgan fingerprint density at radius 1 is 1.00 bits per heavy atom. The Labute approximate surface area is 172 Å². The van der Waals surface area contributed by atoms with E-state index in [1.807, 2.05) is 0 Å². The minimum atomic E-state index is -6.79. The van der Waals surface area contributed by atoms with E-state index in [9.17, 15) is 61.9 Å². The Kier molecular flexibility index (Phi) is 8.75. The molecule has 0 rings (SSSR count). The second-order valence-electron chi connectivity index (χ2n) is 5.88. The van der Waals surface area contributed by atoms with Crippen molar-refractivity contribution in [2.75, 3.05) is 13.2 Å². The molecule has 1 atom stereocenters. The summed E-state index contributed by atoms with van der Waals surface area (Å²) in [7, 11) is -6.79. The van der Waals surface area contributed by atoms with Crippen LogP contribution in [-0.4, -0.2) is 67.3 Å². The van der Waals surface area contributed by atoms with E-state index in [4.69, 9.17) is 4.55 Å². The van der Waals surface area contributed by atoms with Crippen molar-refractivity contribution in [3.05, 3.63) is 12.2 Å². The lowest BCUT2D eigenvalue weighted by atomic mass is 10.2. The molecule has 0 saturated heterocycles. The van der Waals surface area contributed by atoms with Crippen LogP contribution in [0.25, 0.3) is 0 Å². The van der Waals surface area contributed by atoms with Crippen molar-refractivity contribution in [2.45, 2.75) is 42.7 Å². The summed E-state index contributed by atoms with van der Waals surface area (Å²) >= 11 is 0. The molecule has 0 heterocycles. The summed E-state index contributed by atoms with van der Waals surface area (Å²) in [6.07, 6.45) is -14.2. The van der Waals surface area contributed by atoms with E-state index >= 15 is 0 Å². The Hall–Kier alpha value is -2.15. The van der Waals surface area contributed by atoms with Crippen molar-refractivity contribution >= 4 is 22.0 Å². The van der Waals surface area contributed by atoms with E-state index in [2.05, 4.69) is 16.1 Å². The number of hydrogen-bond donors (Lipinski definition) is 2. The zero-order chi connectivity index (χ0) is 26.0. The molecule has 0 spiro atoms. The summed E-state index contributed by atoms with van der Waals surface area (Å²) in [4.78, 5) is 23.3. The monoisotopic (exact) mass is 517 g/mol. The van der Waals surface area contributed by atoms with Gasteiger partial charge in [-0.05, 0) is 6.92 Å². The van der Waals surface area contributed by atoms with Gasteiger partial charge in [0.1, 0.15) is 6.54 Å². The minimum Gasteiger partial charge on any atom is -0.412 e. The number of amides is 1. The molecule has 188 valence electrons. The highest BCUT2D eigenvalue weighted by molar-refractivity contribution is 7.87. The number of esters is 1. The van der Waals surface area contributed by atoms with Crippen LogP contribution in [0.4, 0.5) is 43.9 Å². The molecule has 0 aromatic heterocycles. The maximum absolute atomic E-state index is 13.5. The molecule has 0 aromatic carbocycles. The molecule has 0 bridgehead atoms. The molecule has 0 radical (unpaired) electrons. The third-order valence-corrected chi connectivity index (χ3v) is 4.12. The van der Waals surface area contributed by atoms with E-state index < -0.39 is 76.5 Å². The molecule has 0 aliphatic rings. The van der Waals surface area contributed by atoms with Gasteiger partial charge in [0.25, 0.3) is 0 Å². The number of carbonyl (C=O) groups excluding carboxylic acids is 2. The lowest BCUT2D eigenvalue weighted by molar-refractivity contribution is -0.350. The summed E-state index contributed by atoms with van der Waals surface area (Å²) in [6, 6.07) is 0. The summed E-state index contributed by atoms with van der Waals surface area (Å²) in [5.74, 6) is -15.9. The van der Waals surface area contributed by atoms with Crippen LogP contribution in [0.15, 0.2) is 12.2 Å². The average molecular weight is 517 g/mol. The van der Waals surface area contributed by atoms with Crippen LogP contribution in [0.1, 0.15) is 13.3 Å². The first kappa shape index (κ1) is 29.9. The van der Waals surface area contributed by atoms with E-state index in [-0.39, 0.29) is 0 Å². The fraction of sp³-hybridized carbons (Fsp3) is 0.692. The van der Waals surface area contributed by atoms with Gasteiger partial charge in [0, 0.05) is 12.0 Å². The van der Waals surface area contributed by atoms with Crippen molar-refractivity contribution in [1.29, 1.82) is 0 Å². The third-order valence-electron chi connectivity index (χ3n) is 3.18. The van der Waals surface area contributed by atoms with Gasteiger partial charge in [0.15, 0.2) is 0 Å². The number of nitrogens with one attached hydrogen (secondary N) is 1. The third kappa shape index (κ3) is 6.92. The van der Waals surface area contributed by atoms with Gasteiger partial charge in [0.05, 0.1) is 6.61 Å². The van der Waals surface area contributed by atoms with Crippen LogP contribution >= 0.6 is 0 Å². The second-order valence-corrected chi connectivity index (χ2v) is 7.34. The van der Waals surface area contributed by atoms with Gasteiger partial charge in [0.2, 0.25) is 0 Å². The Bertz CT molecular complexity index is 837. The maximum atomic E-state index is 13.5. The summed E-state index contributed by atoms with van der Waals surface area (Å²) in [5, 5.41) is -5.61. The average Bonchev–Trinajstić information content (AvgIpc) is 2.55. The normalized spacial score (nSPS) is 15.6. The molecule has 1 amide bonds. The molecule has 0 fully saturated rings. The van der Waals surface area contributed by atoms with Crippen molar-refractivity contribution < 1.29 is 75.9 Å². The van der Waals surface area contributed by atoms with Gasteiger partial charge in [-0.15, -0.1) is 0 Å². The number of carbonyl (C=O) groups is 2. The van der Waals surface area contributed by atoms with Crippen LogP contribution in [0.2, 0.25) is 0 Å². The van der Waals surface area contributed by atoms with Gasteiger partial charge in [-0.25, -0.2) is 4.79 Å².